The number of rotatable bonds is 7. The fourth-order valence-electron chi connectivity index (χ4n) is 4.88. The number of amidine groups is 1. The van der Waals surface area contributed by atoms with Crippen molar-refractivity contribution in [3.05, 3.63) is 76.0 Å². The lowest BCUT2D eigenvalue weighted by Gasteiger charge is -2.39. The molecular formula is C27H27N5O3S2. The summed E-state index contributed by atoms with van der Waals surface area (Å²) in [4.78, 5) is 32.0. The Labute approximate surface area is 223 Å². The molecule has 1 saturated heterocycles. The van der Waals surface area contributed by atoms with Gasteiger partial charge in [0.1, 0.15) is 10.6 Å². The number of thiophene rings is 1. The Balaban J connectivity index is 1.19. The Morgan fingerprint density at radius 2 is 1.97 bits per heavy atom. The largest absolute Gasteiger partial charge is 0.494 e. The van der Waals surface area contributed by atoms with E-state index in [-0.39, 0.29) is 11.8 Å². The first-order valence-corrected chi connectivity index (χ1v) is 14.2. The number of anilines is 2. The zero-order valence-corrected chi connectivity index (χ0v) is 22.1. The average Bonchev–Trinajstić information content (AvgIpc) is 3.66. The molecule has 1 unspecified atom stereocenters. The van der Waals surface area contributed by atoms with Gasteiger partial charge >= 0.3 is 0 Å². The number of fused-ring (bicyclic) bond motifs is 3. The number of ether oxygens (including phenoxy) is 1. The molecule has 0 aliphatic carbocycles. The van der Waals surface area contributed by atoms with Gasteiger partial charge in [0.15, 0.2) is 5.17 Å². The predicted octanol–water partition coefficient (Wildman–Crippen LogP) is 4.83. The van der Waals surface area contributed by atoms with Crippen molar-refractivity contribution < 1.29 is 14.3 Å². The third kappa shape index (κ3) is 4.44. The van der Waals surface area contributed by atoms with E-state index in [9.17, 15) is 9.59 Å². The number of hydrogen-bond donors (Lipinski definition) is 1. The number of hydrazone groups is 1. The van der Waals surface area contributed by atoms with Crippen LogP contribution in [-0.4, -0.2) is 41.3 Å². The summed E-state index contributed by atoms with van der Waals surface area (Å²) in [6, 6.07) is 18.0. The van der Waals surface area contributed by atoms with Gasteiger partial charge in [-0.2, -0.15) is 5.10 Å². The van der Waals surface area contributed by atoms with Gasteiger partial charge in [-0.1, -0.05) is 42.1 Å². The normalized spacial score (nSPS) is 18.6. The zero-order chi connectivity index (χ0) is 25.4. The number of amides is 2. The Kier molecular flexibility index (Phi) is 6.52. The second-order valence-electron chi connectivity index (χ2n) is 8.98. The summed E-state index contributed by atoms with van der Waals surface area (Å²) < 4.78 is 5.81. The van der Waals surface area contributed by atoms with Gasteiger partial charge in [0.25, 0.3) is 5.91 Å². The van der Waals surface area contributed by atoms with E-state index in [1.165, 1.54) is 11.3 Å². The molecule has 1 aromatic heterocycles. The number of benzene rings is 2. The van der Waals surface area contributed by atoms with Crippen LogP contribution in [0.15, 0.2) is 65.1 Å². The SMILES string of the molecule is CCOc1ccccc1CN1C(=O)c2sccc2N2C(SCc3ccc(N4CCCC4=O)cc3)=NNC12. The molecule has 3 aromatic rings. The second-order valence-corrected chi connectivity index (χ2v) is 10.8. The van der Waals surface area contributed by atoms with Crippen LogP contribution in [-0.2, 0) is 17.1 Å². The summed E-state index contributed by atoms with van der Waals surface area (Å²) in [5, 5.41) is 7.40. The molecule has 3 aliphatic rings. The summed E-state index contributed by atoms with van der Waals surface area (Å²) in [5.41, 5.74) is 7.14. The maximum absolute atomic E-state index is 13.5. The molecule has 190 valence electrons. The summed E-state index contributed by atoms with van der Waals surface area (Å²) in [5.74, 6) is 1.69. The summed E-state index contributed by atoms with van der Waals surface area (Å²) >= 11 is 3.08. The van der Waals surface area contributed by atoms with Gasteiger partial charge in [-0.15, -0.1) is 11.3 Å². The van der Waals surface area contributed by atoms with Crippen LogP contribution in [0.1, 0.15) is 40.6 Å². The van der Waals surface area contributed by atoms with Gasteiger partial charge in [-0.05, 0) is 48.6 Å². The van der Waals surface area contributed by atoms with Gasteiger partial charge in [0, 0.05) is 30.0 Å². The third-order valence-electron chi connectivity index (χ3n) is 6.68. The van der Waals surface area contributed by atoms with E-state index in [1.54, 1.807) is 11.8 Å². The van der Waals surface area contributed by atoms with Gasteiger partial charge in [-0.25, -0.2) is 0 Å². The third-order valence-corrected chi connectivity index (χ3v) is 8.60. The van der Waals surface area contributed by atoms with Crippen LogP contribution in [0.4, 0.5) is 11.4 Å². The standard InChI is InChI=1S/C27H27N5O3S2/c1-2-35-22-7-4-3-6-19(22)16-31-25(34)24-21(13-15-36-24)32-26(31)28-29-27(32)37-17-18-9-11-20(12-10-18)30-14-5-8-23(30)33/h3-4,6-7,9-13,15,26,28H,2,5,8,14,16-17H2,1H3. The number of carbonyl (C=O) groups is 2. The van der Waals surface area contributed by atoms with Crippen molar-refractivity contribution in [1.29, 1.82) is 0 Å². The highest BCUT2D eigenvalue weighted by Crippen LogP contribution is 2.39. The maximum atomic E-state index is 13.5. The number of para-hydroxylation sites is 1. The minimum atomic E-state index is -0.407. The molecule has 0 spiro atoms. The highest BCUT2D eigenvalue weighted by molar-refractivity contribution is 8.13. The molecule has 10 heteroatoms. The van der Waals surface area contributed by atoms with Crippen molar-refractivity contribution in [2.75, 3.05) is 23.0 Å². The van der Waals surface area contributed by atoms with E-state index in [2.05, 4.69) is 27.6 Å². The number of thioether (sulfide) groups is 1. The topological polar surface area (TPSA) is 77.5 Å². The molecule has 4 heterocycles. The lowest BCUT2D eigenvalue weighted by molar-refractivity contribution is -0.117. The van der Waals surface area contributed by atoms with Crippen molar-refractivity contribution in [3.8, 4) is 5.75 Å². The molecule has 37 heavy (non-hydrogen) atoms. The summed E-state index contributed by atoms with van der Waals surface area (Å²) in [7, 11) is 0. The molecule has 1 atom stereocenters. The van der Waals surface area contributed by atoms with Crippen molar-refractivity contribution in [3.63, 3.8) is 0 Å². The van der Waals surface area contributed by atoms with Crippen LogP contribution in [0.2, 0.25) is 0 Å². The molecule has 3 aliphatic heterocycles. The van der Waals surface area contributed by atoms with Gasteiger partial charge in [0.2, 0.25) is 12.2 Å². The molecule has 0 saturated carbocycles. The fourth-order valence-corrected chi connectivity index (χ4v) is 6.66. The van der Waals surface area contributed by atoms with E-state index in [4.69, 9.17) is 4.74 Å². The molecular weight excluding hydrogens is 506 g/mol. The minimum Gasteiger partial charge on any atom is -0.494 e. The lowest BCUT2D eigenvalue weighted by Crippen LogP contribution is -2.57. The molecule has 1 N–H and O–H groups in total. The first-order chi connectivity index (χ1) is 18.1. The monoisotopic (exact) mass is 533 g/mol. The Bertz CT molecular complexity index is 1360. The highest BCUT2D eigenvalue weighted by Gasteiger charge is 2.44. The van der Waals surface area contributed by atoms with Gasteiger partial charge in [0.05, 0.1) is 18.8 Å². The summed E-state index contributed by atoms with van der Waals surface area (Å²) in [6.07, 6.45) is 1.14. The molecule has 2 aromatic carbocycles. The molecule has 8 nitrogen and oxygen atoms in total. The van der Waals surface area contributed by atoms with Crippen LogP contribution < -0.4 is 20.0 Å². The fraction of sp³-hybridized carbons (Fsp3) is 0.296. The van der Waals surface area contributed by atoms with Crippen LogP contribution in [0.25, 0.3) is 0 Å². The molecule has 0 bridgehead atoms. The van der Waals surface area contributed by atoms with E-state index in [0.29, 0.717) is 24.4 Å². The molecule has 1 fully saturated rings. The number of nitrogens with one attached hydrogen (secondary N) is 1. The van der Waals surface area contributed by atoms with Gasteiger partial charge in [-0.3, -0.25) is 24.8 Å². The average molecular weight is 534 g/mol. The lowest BCUT2D eigenvalue weighted by atomic mass is 10.1. The Morgan fingerprint density at radius 3 is 2.76 bits per heavy atom. The van der Waals surface area contributed by atoms with Crippen LogP contribution in [0.5, 0.6) is 5.75 Å². The Morgan fingerprint density at radius 1 is 1.14 bits per heavy atom. The number of carbonyl (C=O) groups excluding carboxylic acids is 2. The predicted molar refractivity (Wildman–Crippen MR) is 148 cm³/mol. The van der Waals surface area contributed by atoms with Crippen molar-refractivity contribution >= 4 is 51.5 Å². The van der Waals surface area contributed by atoms with E-state index < -0.39 is 6.29 Å². The highest BCUT2D eigenvalue weighted by atomic mass is 32.2. The van der Waals surface area contributed by atoms with Gasteiger partial charge < -0.3 is 9.64 Å². The number of nitrogens with zero attached hydrogens (tertiary/aromatic N) is 4. The molecule has 2 amide bonds. The van der Waals surface area contributed by atoms with Crippen molar-refractivity contribution in [1.82, 2.24) is 10.3 Å². The quantitative estimate of drug-likeness (QED) is 0.469. The van der Waals surface area contributed by atoms with Crippen molar-refractivity contribution in [2.24, 2.45) is 5.10 Å². The zero-order valence-electron chi connectivity index (χ0n) is 20.4. The van der Waals surface area contributed by atoms with Crippen LogP contribution in [0.3, 0.4) is 0 Å². The molecule has 6 rings (SSSR count). The van der Waals surface area contributed by atoms with Crippen molar-refractivity contribution in [2.45, 2.75) is 38.4 Å². The van der Waals surface area contributed by atoms with E-state index >= 15 is 0 Å². The van der Waals surface area contributed by atoms with E-state index in [0.717, 1.165) is 52.1 Å². The first-order valence-electron chi connectivity index (χ1n) is 12.4. The second kappa shape index (κ2) is 10.1. The summed E-state index contributed by atoms with van der Waals surface area (Å²) in [6.45, 7) is 3.72. The van der Waals surface area contributed by atoms with Crippen LogP contribution >= 0.6 is 23.1 Å². The minimum absolute atomic E-state index is 0.0152. The smallest absolute Gasteiger partial charge is 0.269 e. The van der Waals surface area contributed by atoms with Crippen LogP contribution in [0, 0.1) is 0 Å². The maximum Gasteiger partial charge on any atom is 0.269 e. The molecule has 0 radical (unpaired) electrons. The van der Waals surface area contributed by atoms with E-state index in [1.807, 2.05) is 64.6 Å². The Hall–Kier alpha value is -3.50. The number of hydrogen-bond acceptors (Lipinski definition) is 8. The first kappa shape index (κ1) is 23.9.